The predicted molar refractivity (Wildman–Crippen MR) is 200 cm³/mol. The van der Waals surface area contributed by atoms with Gasteiger partial charge in [0.2, 0.25) is 0 Å². The van der Waals surface area contributed by atoms with Gasteiger partial charge < -0.3 is 4.42 Å². The first-order chi connectivity index (χ1) is 25.0. The van der Waals surface area contributed by atoms with Crippen LogP contribution in [0.15, 0.2) is 174 Å². The molecule has 0 N–H and O–H groups in total. The van der Waals surface area contributed by atoms with Crippen LogP contribution < -0.4 is 0 Å². The largest absolute Gasteiger partial charge is 0.455 e. The molecule has 9 aromatic carbocycles. The summed E-state index contributed by atoms with van der Waals surface area (Å²) < 4.78 is 43.9. The number of furan rings is 1. The molecule has 47 heavy (non-hydrogen) atoms. The predicted octanol–water partition coefficient (Wildman–Crippen LogP) is 13.2. The lowest BCUT2D eigenvalue weighted by molar-refractivity contribution is 0.672. The van der Waals surface area contributed by atoms with E-state index < -0.39 is 0 Å². The third-order valence-electron chi connectivity index (χ3n) is 9.52. The minimum Gasteiger partial charge on any atom is -0.455 e. The van der Waals surface area contributed by atoms with Gasteiger partial charge in [0.1, 0.15) is 11.2 Å². The van der Waals surface area contributed by atoms with E-state index in [9.17, 15) is 5.48 Å². The molecule has 1 aromatic heterocycles. The van der Waals surface area contributed by atoms with Crippen molar-refractivity contribution in [2.45, 2.75) is 0 Å². The molecule has 0 unspecified atom stereocenters. The maximum absolute atomic E-state index is 9.44. The number of fused-ring (bicyclic) bond motifs is 8. The molecule has 1 heteroatoms. The van der Waals surface area contributed by atoms with Gasteiger partial charge in [0.15, 0.2) is 0 Å². The Balaban J connectivity index is 1.26. The summed E-state index contributed by atoms with van der Waals surface area (Å²) in [7, 11) is 0. The van der Waals surface area contributed by atoms with Crippen LogP contribution in [-0.4, -0.2) is 0 Å². The molecule has 1 nitrogen and oxygen atoms in total. The van der Waals surface area contributed by atoms with Crippen molar-refractivity contribution < 1.29 is 9.90 Å². The first-order valence-electron chi connectivity index (χ1n) is 17.9. The van der Waals surface area contributed by atoms with E-state index in [0.29, 0.717) is 22.3 Å². The van der Waals surface area contributed by atoms with Crippen LogP contribution in [0, 0.1) is 0 Å². The van der Waals surface area contributed by atoms with Crippen LogP contribution in [0.25, 0.3) is 98.4 Å². The molecule has 218 valence electrons. The fraction of sp³-hybridized carbons (Fsp3) is 0. The van der Waals surface area contributed by atoms with Gasteiger partial charge in [0.05, 0.1) is 5.48 Å². The van der Waals surface area contributed by atoms with Crippen molar-refractivity contribution >= 4 is 65.0 Å². The number of benzene rings is 9. The number of hydrogen-bond donors (Lipinski definition) is 0. The van der Waals surface area contributed by atoms with E-state index >= 15 is 0 Å². The zero-order valence-electron chi connectivity index (χ0n) is 29.3. The van der Waals surface area contributed by atoms with Gasteiger partial charge in [-0.1, -0.05) is 152 Å². The molecular weight excluding hydrogens is 569 g/mol. The maximum atomic E-state index is 9.44. The summed E-state index contributed by atoms with van der Waals surface area (Å²) in [6, 6.07) is 48.6. The lowest BCUT2D eigenvalue weighted by atomic mass is 9.85. The highest BCUT2D eigenvalue weighted by atomic mass is 16.3. The van der Waals surface area contributed by atoms with Crippen molar-refractivity contribution in [2.75, 3.05) is 0 Å². The van der Waals surface area contributed by atoms with Gasteiger partial charge in [0.25, 0.3) is 0 Å². The highest BCUT2D eigenvalue weighted by Crippen LogP contribution is 2.45. The normalized spacial score (nSPS) is 13.0. The third-order valence-corrected chi connectivity index (χ3v) is 9.52. The Hall–Kier alpha value is -6.18. The van der Waals surface area contributed by atoms with Gasteiger partial charge in [-0.15, -0.1) is 0 Å². The second-order valence-electron chi connectivity index (χ2n) is 12.1. The molecule has 0 radical (unpaired) electrons. The van der Waals surface area contributed by atoms with Crippen LogP contribution in [-0.2, 0) is 0 Å². The molecule has 0 saturated heterocycles. The van der Waals surface area contributed by atoms with Crippen molar-refractivity contribution in [3.8, 4) is 33.4 Å². The third kappa shape index (κ3) is 3.97. The quantitative estimate of drug-likeness (QED) is 0.184. The van der Waals surface area contributed by atoms with Gasteiger partial charge >= 0.3 is 0 Å². The Morgan fingerprint density at radius 1 is 0.362 bits per heavy atom. The van der Waals surface area contributed by atoms with Crippen molar-refractivity contribution in [3.05, 3.63) is 170 Å². The summed E-state index contributed by atoms with van der Waals surface area (Å²) in [5.74, 6) is 0. The van der Waals surface area contributed by atoms with E-state index in [1.54, 1.807) is 0 Å². The van der Waals surface area contributed by atoms with E-state index in [0.717, 1.165) is 76.2 Å². The van der Waals surface area contributed by atoms with Crippen LogP contribution in [0.5, 0.6) is 0 Å². The van der Waals surface area contributed by atoms with E-state index in [4.69, 9.17) is 4.42 Å². The van der Waals surface area contributed by atoms with Crippen LogP contribution in [0.1, 0.15) is 5.48 Å². The molecule has 0 fully saturated rings. The van der Waals surface area contributed by atoms with Crippen molar-refractivity contribution in [3.63, 3.8) is 0 Å². The minimum absolute atomic E-state index is 0.0515. The van der Waals surface area contributed by atoms with Gasteiger partial charge in [-0.3, -0.25) is 0 Å². The molecule has 0 amide bonds. The summed E-state index contributed by atoms with van der Waals surface area (Å²) >= 11 is 0. The SMILES string of the molecule is [2H]c1c([2H])c(-c2c3ccccc3c(-c3ccc4oc5c6ccccc6ccc5c4c3)c3ccccc23)c([2H])c([2H])c1-c1cccc2ccccc12. The van der Waals surface area contributed by atoms with E-state index in [2.05, 4.69) is 48.5 Å². The van der Waals surface area contributed by atoms with Crippen molar-refractivity contribution in [2.24, 2.45) is 0 Å². The van der Waals surface area contributed by atoms with Crippen LogP contribution >= 0.6 is 0 Å². The topological polar surface area (TPSA) is 13.1 Å². The minimum atomic E-state index is -0.0551. The maximum Gasteiger partial charge on any atom is 0.143 e. The standard InChI is InChI=1S/C46H28O/c1-3-13-34-29(10-1)12-9-19-35(34)31-20-22-32(23-21-31)44-37-15-5-7-17-39(37)45(40-18-8-6-16-38(40)44)33-25-27-43-42(28-33)41-26-24-30-11-2-4-14-36(30)46(41)47-43/h1-28H/i20D,21D,22D,23D. The van der Waals surface area contributed by atoms with Crippen molar-refractivity contribution in [1.82, 2.24) is 0 Å². The van der Waals surface area contributed by atoms with Gasteiger partial charge in [-0.25, -0.2) is 0 Å². The molecule has 0 aliphatic carbocycles. The zero-order chi connectivity index (χ0) is 34.4. The first kappa shape index (κ1) is 22.3. The van der Waals surface area contributed by atoms with E-state index in [1.807, 2.05) is 97.1 Å². The second kappa shape index (κ2) is 10.2. The highest BCUT2D eigenvalue weighted by Gasteiger charge is 2.18. The Bertz CT molecular complexity index is 2990. The van der Waals surface area contributed by atoms with Crippen molar-refractivity contribution in [1.29, 1.82) is 0 Å². The van der Waals surface area contributed by atoms with Gasteiger partial charge in [-0.05, 0) is 89.3 Å². The lowest BCUT2D eigenvalue weighted by Gasteiger charge is -2.18. The van der Waals surface area contributed by atoms with Crippen LogP contribution in [0.4, 0.5) is 0 Å². The molecule has 10 rings (SSSR count). The Morgan fingerprint density at radius 3 is 1.57 bits per heavy atom. The summed E-state index contributed by atoms with van der Waals surface area (Å²) in [6.07, 6.45) is 0. The molecule has 10 aromatic rings. The lowest BCUT2D eigenvalue weighted by Crippen LogP contribution is -1.91. The molecule has 0 atom stereocenters. The Morgan fingerprint density at radius 2 is 0.894 bits per heavy atom. The summed E-state index contributed by atoms with van der Waals surface area (Å²) in [5, 5.41) is 9.87. The number of rotatable bonds is 3. The second-order valence-corrected chi connectivity index (χ2v) is 12.1. The van der Waals surface area contributed by atoms with E-state index in [1.165, 1.54) is 0 Å². The smallest absolute Gasteiger partial charge is 0.143 e. The number of hydrogen-bond acceptors (Lipinski definition) is 1. The van der Waals surface area contributed by atoms with E-state index in [-0.39, 0.29) is 24.2 Å². The summed E-state index contributed by atoms with van der Waals surface area (Å²) in [5.41, 5.74) is 5.78. The molecule has 0 bridgehead atoms. The molecule has 0 spiro atoms. The average Bonchev–Trinajstić information content (AvgIpc) is 3.55. The van der Waals surface area contributed by atoms with Gasteiger partial charge in [0, 0.05) is 16.2 Å². The molecular formula is C46H28O. The average molecular weight is 601 g/mol. The zero-order valence-corrected chi connectivity index (χ0v) is 25.3. The Kier molecular flexibility index (Phi) is 4.83. The van der Waals surface area contributed by atoms with Gasteiger partial charge in [-0.2, -0.15) is 0 Å². The fourth-order valence-corrected chi connectivity index (χ4v) is 7.38. The van der Waals surface area contributed by atoms with Crippen LogP contribution in [0.2, 0.25) is 0 Å². The fourth-order valence-electron chi connectivity index (χ4n) is 7.38. The molecule has 0 aliphatic rings. The molecule has 0 saturated carbocycles. The molecule has 0 aliphatic heterocycles. The Labute approximate surface area is 277 Å². The highest BCUT2D eigenvalue weighted by molar-refractivity contribution is 6.23. The summed E-state index contributed by atoms with van der Waals surface area (Å²) in [4.78, 5) is 0. The summed E-state index contributed by atoms with van der Waals surface area (Å²) in [6.45, 7) is 0. The van der Waals surface area contributed by atoms with Crippen LogP contribution in [0.3, 0.4) is 0 Å². The molecule has 1 heterocycles. The first-order valence-corrected chi connectivity index (χ1v) is 15.9. The monoisotopic (exact) mass is 600 g/mol.